The molecule has 0 aliphatic heterocycles. The second-order valence-corrected chi connectivity index (χ2v) is 6.32. The molecule has 0 bridgehead atoms. The molecule has 138 valence electrons. The Morgan fingerprint density at radius 2 is 2.15 bits per heavy atom. The van der Waals surface area contributed by atoms with Crippen molar-refractivity contribution < 1.29 is 14.5 Å². The van der Waals surface area contributed by atoms with Gasteiger partial charge < -0.3 is 10.1 Å². The molecule has 0 aliphatic rings. The van der Waals surface area contributed by atoms with E-state index in [0.717, 1.165) is 6.42 Å². The first-order chi connectivity index (χ1) is 12.9. The normalized spacial score (nSPS) is 10.8. The number of nitriles is 1. The molecule has 2 aromatic carbocycles. The smallest absolute Gasteiger partial charge is 0.271 e. The zero-order chi connectivity index (χ0) is 19.8. The number of nitro groups is 1. The number of amides is 1. The maximum atomic E-state index is 12.3. The number of rotatable bonds is 7. The number of carbonyl (C=O) groups is 1. The number of non-ortho nitro benzene ring substituents is 1. The molecule has 0 saturated heterocycles. The summed E-state index contributed by atoms with van der Waals surface area (Å²) in [6.07, 6.45) is 2.31. The third-order valence-corrected chi connectivity index (χ3v) is 4.03. The summed E-state index contributed by atoms with van der Waals surface area (Å²) in [4.78, 5) is 22.6. The minimum atomic E-state index is -0.652. The van der Waals surface area contributed by atoms with Crippen molar-refractivity contribution in [3.8, 4) is 11.8 Å². The molecule has 0 aliphatic carbocycles. The molecule has 0 unspecified atom stereocenters. The summed E-state index contributed by atoms with van der Waals surface area (Å²) in [6, 6.07) is 12.6. The van der Waals surface area contributed by atoms with E-state index in [-0.39, 0.29) is 16.9 Å². The van der Waals surface area contributed by atoms with Crippen LogP contribution in [-0.2, 0) is 4.79 Å². The highest BCUT2D eigenvalue weighted by Crippen LogP contribution is 2.27. The van der Waals surface area contributed by atoms with Crippen molar-refractivity contribution in [1.29, 1.82) is 5.26 Å². The summed E-state index contributed by atoms with van der Waals surface area (Å²) >= 11 is 3.40. The highest BCUT2D eigenvalue weighted by Gasteiger charge is 2.12. The number of hydrogen-bond acceptors (Lipinski definition) is 5. The van der Waals surface area contributed by atoms with Crippen LogP contribution < -0.4 is 10.1 Å². The molecule has 0 heterocycles. The molecule has 1 amide bonds. The predicted octanol–water partition coefficient (Wildman–Crippen LogP) is 4.69. The molecule has 7 nitrogen and oxygen atoms in total. The second-order valence-electron chi connectivity index (χ2n) is 5.47. The van der Waals surface area contributed by atoms with Crippen molar-refractivity contribution in [3.63, 3.8) is 0 Å². The highest BCUT2D eigenvalue weighted by molar-refractivity contribution is 9.10. The fourth-order valence-corrected chi connectivity index (χ4v) is 2.66. The van der Waals surface area contributed by atoms with Crippen LogP contribution in [0.25, 0.3) is 6.08 Å². The van der Waals surface area contributed by atoms with Gasteiger partial charge >= 0.3 is 0 Å². The number of carbonyl (C=O) groups excluding carboxylic acids is 1. The van der Waals surface area contributed by atoms with Crippen LogP contribution in [-0.4, -0.2) is 17.4 Å². The number of ether oxygens (including phenoxy) is 1. The minimum Gasteiger partial charge on any atom is -0.492 e. The molecule has 0 fully saturated rings. The average Bonchev–Trinajstić information content (AvgIpc) is 2.65. The summed E-state index contributed by atoms with van der Waals surface area (Å²) in [5.74, 6) is 0.0222. The minimum absolute atomic E-state index is 0.129. The number of nitrogens with one attached hydrogen (secondary N) is 1. The van der Waals surface area contributed by atoms with Gasteiger partial charge in [0.05, 0.1) is 16.0 Å². The Kier molecular flexibility index (Phi) is 7.08. The van der Waals surface area contributed by atoms with Gasteiger partial charge in [-0.3, -0.25) is 14.9 Å². The van der Waals surface area contributed by atoms with Gasteiger partial charge in [0.2, 0.25) is 0 Å². The molecule has 0 spiro atoms. The SMILES string of the molecule is CCCOc1ccc(/C=C(\C#N)C(=O)Nc2cccc([N+](=O)[O-])c2)cc1Br. The molecule has 2 rings (SSSR count). The molecule has 27 heavy (non-hydrogen) atoms. The van der Waals surface area contributed by atoms with Crippen LogP contribution in [0.2, 0.25) is 0 Å². The summed E-state index contributed by atoms with van der Waals surface area (Å²) in [6.45, 7) is 2.59. The summed E-state index contributed by atoms with van der Waals surface area (Å²) in [5, 5.41) is 22.6. The van der Waals surface area contributed by atoms with Crippen LogP contribution in [0.1, 0.15) is 18.9 Å². The zero-order valence-electron chi connectivity index (χ0n) is 14.4. The lowest BCUT2D eigenvalue weighted by Gasteiger charge is -2.08. The zero-order valence-corrected chi connectivity index (χ0v) is 16.0. The maximum Gasteiger partial charge on any atom is 0.271 e. The third kappa shape index (κ3) is 5.66. The van der Waals surface area contributed by atoms with Crippen LogP contribution in [0.3, 0.4) is 0 Å². The van der Waals surface area contributed by atoms with Crippen molar-refractivity contribution in [1.82, 2.24) is 0 Å². The van der Waals surface area contributed by atoms with Crippen LogP contribution in [0.15, 0.2) is 52.5 Å². The van der Waals surface area contributed by atoms with E-state index in [0.29, 0.717) is 22.4 Å². The fourth-order valence-electron chi connectivity index (χ4n) is 2.15. The Balaban J connectivity index is 2.19. The maximum absolute atomic E-state index is 12.3. The molecule has 2 aromatic rings. The van der Waals surface area contributed by atoms with E-state index in [4.69, 9.17) is 4.74 Å². The molecule has 0 aromatic heterocycles. The average molecular weight is 430 g/mol. The number of benzene rings is 2. The first-order valence-electron chi connectivity index (χ1n) is 8.04. The number of nitrogens with zero attached hydrogens (tertiary/aromatic N) is 2. The van der Waals surface area contributed by atoms with Gasteiger partial charge in [-0.2, -0.15) is 5.26 Å². The van der Waals surface area contributed by atoms with E-state index >= 15 is 0 Å². The standard InChI is InChI=1S/C19H16BrN3O4/c1-2-8-27-18-7-6-13(10-17(18)20)9-14(12-21)19(24)22-15-4-3-5-16(11-15)23(25)26/h3-7,9-11H,2,8H2,1H3,(H,22,24)/b14-9+. The van der Waals surface area contributed by atoms with E-state index < -0.39 is 10.8 Å². The first kappa shape index (κ1) is 20.1. The van der Waals surface area contributed by atoms with Gasteiger partial charge in [-0.1, -0.05) is 19.1 Å². The Labute approximate surface area is 164 Å². The van der Waals surface area contributed by atoms with Gasteiger partial charge in [-0.25, -0.2) is 0 Å². The van der Waals surface area contributed by atoms with Crippen LogP contribution in [0, 0.1) is 21.4 Å². The van der Waals surface area contributed by atoms with E-state index in [2.05, 4.69) is 21.2 Å². The Hall–Kier alpha value is -3.18. The monoisotopic (exact) mass is 429 g/mol. The lowest BCUT2D eigenvalue weighted by atomic mass is 10.1. The Bertz CT molecular complexity index is 935. The van der Waals surface area contributed by atoms with Gasteiger partial charge in [0.1, 0.15) is 17.4 Å². The van der Waals surface area contributed by atoms with Gasteiger partial charge in [0.15, 0.2) is 0 Å². The van der Waals surface area contributed by atoms with Gasteiger partial charge in [-0.15, -0.1) is 0 Å². The number of nitro benzene ring substituents is 1. The van der Waals surface area contributed by atoms with E-state index in [1.54, 1.807) is 18.2 Å². The third-order valence-electron chi connectivity index (χ3n) is 3.41. The first-order valence-corrected chi connectivity index (χ1v) is 8.84. The van der Waals surface area contributed by atoms with Crippen LogP contribution in [0.5, 0.6) is 5.75 Å². The highest BCUT2D eigenvalue weighted by atomic mass is 79.9. The second kappa shape index (κ2) is 9.50. The summed E-state index contributed by atoms with van der Waals surface area (Å²) in [7, 11) is 0. The molecule has 0 atom stereocenters. The van der Waals surface area contributed by atoms with Crippen molar-refractivity contribution in [2.24, 2.45) is 0 Å². The van der Waals surface area contributed by atoms with Gasteiger partial charge in [0, 0.05) is 17.8 Å². The van der Waals surface area contributed by atoms with Crippen molar-refractivity contribution in [3.05, 3.63) is 68.2 Å². The Morgan fingerprint density at radius 1 is 1.37 bits per heavy atom. The van der Waals surface area contributed by atoms with Crippen molar-refractivity contribution >= 4 is 39.3 Å². The number of anilines is 1. The Morgan fingerprint density at radius 3 is 2.78 bits per heavy atom. The summed E-state index contributed by atoms with van der Waals surface area (Å²) < 4.78 is 6.27. The quantitative estimate of drug-likeness (QED) is 0.297. The number of hydrogen-bond donors (Lipinski definition) is 1. The fraction of sp³-hybridized carbons (Fsp3) is 0.158. The van der Waals surface area contributed by atoms with Crippen molar-refractivity contribution in [2.75, 3.05) is 11.9 Å². The van der Waals surface area contributed by atoms with Crippen LogP contribution in [0.4, 0.5) is 11.4 Å². The molecule has 1 N–H and O–H groups in total. The van der Waals surface area contributed by atoms with E-state index in [1.807, 2.05) is 13.0 Å². The lowest BCUT2D eigenvalue weighted by Crippen LogP contribution is -2.13. The van der Waals surface area contributed by atoms with Crippen LogP contribution >= 0.6 is 15.9 Å². The predicted molar refractivity (Wildman–Crippen MR) is 105 cm³/mol. The topological polar surface area (TPSA) is 105 Å². The molecule has 0 saturated carbocycles. The molecule has 0 radical (unpaired) electrons. The van der Waals surface area contributed by atoms with E-state index in [9.17, 15) is 20.2 Å². The molecular weight excluding hydrogens is 414 g/mol. The van der Waals surface area contributed by atoms with Gasteiger partial charge in [0.25, 0.3) is 11.6 Å². The summed E-state index contributed by atoms with van der Waals surface area (Å²) in [5.41, 5.74) is 0.592. The number of halogens is 1. The lowest BCUT2D eigenvalue weighted by molar-refractivity contribution is -0.384. The molecule has 8 heteroatoms. The van der Waals surface area contributed by atoms with Gasteiger partial charge in [-0.05, 0) is 52.2 Å². The van der Waals surface area contributed by atoms with Crippen molar-refractivity contribution in [2.45, 2.75) is 13.3 Å². The van der Waals surface area contributed by atoms with E-state index in [1.165, 1.54) is 30.3 Å². The molecular formula is C19H16BrN3O4. The largest absolute Gasteiger partial charge is 0.492 e.